The van der Waals surface area contributed by atoms with Crippen LogP contribution in [0.25, 0.3) is 21.9 Å². The maximum Gasteiger partial charge on any atom is 0.348 e. The van der Waals surface area contributed by atoms with Crippen molar-refractivity contribution in [3.63, 3.8) is 0 Å². The lowest BCUT2D eigenvalue weighted by atomic mass is 9.98. The summed E-state index contributed by atoms with van der Waals surface area (Å²) >= 11 is 0. The van der Waals surface area contributed by atoms with Crippen molar-refractivity contribution in [2.24, 2.45) is 0 Å². The Morgan fingerprint density at radius 3 is 1.94 bits per heavy atom. The van der Waals surface area contributed by atoms with Crippen molar-refractivity contribution in [3.8, 4) is 6.07 Å². The summed E-state index contributed by atoms with van der Waals surface area (Å²) in [6.07, 6.45) is 0. The molecule has 2 aromatic carbocycles. The highest BCUT2D eigenvalue weighted by Gasteiger charge is 2.26. The molecule has 184 valence electrons. The summed E-state index contributed by atoms with van der Waals surface area (Å²) in [7, 11) is 0. The maximum absolute atomic E-state index is 13.4. The number of anilines is 2. The zero-order chi connectivity index (χ0) is 26.0. The fraction of sp³-hybridized carbons (Fsp3) is 0.286. The second-order valence-electron chi connectivity index (χ2n) is 8.28. The Balaban J connectivity index is 1.85. The van der Waals surface area contributed by atoms with Gasteiger partial charge in [-0.05, 0) is 58.0 Å². The van der Waals surface area contributed by atoms with E-state index in [0.717, 1.165) is 37.6 Å². The van der Waals surface area contributed by atoms with Gasteiger partial charge in [-0.25, -0.2) is 9.59 Å². The molecular formula is C28H27N3O5. The number of nitriles is 1. The second kappa shape index (κ2) is 10.1. The second-order valence-corrected chi connectivity index (χ2v) is 8.28. The molecule has 36 heavy (non-hydrogen) atoms. The summed E-state index contributed by atoms with van der Waals surface area (Å²) in [6.45, 7) is 11.1. The Morgan fingerprint density at radius 2 is 1.36 bits per heavy atom. The maximum atomic E-state index is 13.4. The topological polar surface area (TPSA) is 108 Å². The molecule has 0 bridgehead atoms. The van der Waals surface area contributed by atoms with Crippen LogP contribution in [-0.2, 0) is 0 Å². The van der Waals surface area contributed by atoms with E-state index in [0.29, 0.717) is 16.4 Å². The van der Waals surface area contributed by atoms with Gasteiger partial charge in [0.1, 0.15) is 28.4 Å². The minimum Gasteiger partial charge on any atom is -0.422 e. The lowest BCUT2D eigenvalue weighted by molar-refractivity contribution is 0.103. The molecule has 2 aromatic heterocycles. The number of nitrogens with zero attached hydrogens (tertiary/aromatic N) is 3. The van der Waals surface area contributed by atoms with Crippen LogP contribution < -0.4 is 21.1 Å². The highest BCUT2D eigenvalue weighted by Crippen LogP contribution is 2.27. The normalized spacial score (nSPS) is 11.0. The Kier molecular flexibility index (Phi) is 6.93. The van der Waals surface area contributed by atoms with Crippen LogP contribution in [0.3, 0.4) is 0 Å². The van der Waals surface area contributed by atoms with Crippen LogP contribution in [0.2, 0.25) is 0 Å². The number of fused-ring (bicyclic) bond motifs is 2. The molecule has 0 aliphatic carbocycles. The van der Waals surface area contributed by atoms with Crippen LogP contribution in [-0.4, -0.2) is 32.0 Å². The summed E-state index contributed by atoms with van der Waals surface area (Å²) in [5.74, 6) is -0.904. The molecular weight excluding hydrogens is 458 g/mol. The SMILES string of the molecule is CCN(CC)c1ccc2cc(C(=O)c3c(C#N)c4ccc(N(CC)CC)cc4oc3=O)c(=O)oc2c1. The predicted molar refractivity (Wildman–Crippen MR) is 140 cm³/mol. The molecule has 8 nitrogen and oxygen atoms in total. The Morgan fingerprint density at radius 1 is 0.806 bits per heavy atom. The van der Waals surface area contributed by atoms with Crippen LogP contribution in [0.15, 0.2) is 60.9 Å². The molecule has 0 saturated carbocycles. The molecule has 0 amide bonds. The fourth-order valence-electron chi connectivity index (χ4n) is 4.48. The smallest absolute Gasteiger partial charge is 0.348 e. The van der Waals surface area contributed by atoms with Crippen molar-refractivity contribution in [2.45, 2.75) is 27.7 Å². The number of rotatable bonds is 8. The predicted octanol–water partition coefficient (Wildman–Crippen LogP) is 4.69. The number of carbonyl (C=O) groups excluding carboxylic acids is 1. The fourth-order valence-corrected chi connectivity index (χ4v) is 4.48. The van der Waals surface area contributed by atoms with E-state index in [9.17, 15) is 19.6 Å². The lowest BCUT2D eigenvalue weighted by Gasteiger charge is -2.21. The zero-order valence-electron chi connectivity index (χ0n) is 20.8. The van der Waals surface area contributed by atoms with Crippen LogP contribution in [0.1, 0.15) is 49.2 Å². The molecule has 0 aliphatic rings. The zero-order valence-corrected chi connectivity index (χ0v) is 20.8. The number of carbonyl (C=O) groups is 1. The van der Waals surface area contributed by atoms with E-state index >= 15 is 0 Å². The van der Waals surface area contributed by atoms with E-state index < -0.39 is 22.6 Å². The quantitative estimate of drug-likeness (QED) is 0.261. The van der Waals surface area contributed by atoms with Crippen molar-refractivity contribution in [2.75, 3.05) is 36.0 Å². The van der Waals surface area contributed by atoms with Crippen LogP contribution >= 0.6 is 0 Å². The molecule has 2 heterocycles. The molecule has 0 N–H and O–H groups in total. The third-order valence-corrected chi connectivity index (χ3v) is 6.45. The van der Waals surface area contributed by atoms with Gasteiger partial charge in [0.2, 0.25) is 5.78 Å². The molecule has 0 radical (unpaired) electrons. The van der Waals surface area contributed by atoms with E-state index in [2.05, 4.69) is 9.80 Å². The Bertz CT molecular complexity index is 1620. The van der Waals surface area contributed by atoms with Crippen molar-refractivity contribution in [3.05, 3.63) is 80.0 Å². The van der Waals surface area contributed by atoms with Crippen molar-refractivity contribution >= 4 is 39.1 Å². The first-order valence-electron chi connectivity index (χ1n) is 12.0. The molecule has 8 heteroatoms. The molecule has 0 aliphatic heterocycles. The van der Waals surface area contributed by atoms with Gasteiger partial charge >= 0.3 is 11.3 Å². The summed E-state index contributed by atoms with van der Waals surface area (Å²) in [5.41, 5.74) is -0.551. The molecule has 0 saturated heterocycles. The highest BCUT2D eigenvalue weighted by molar-refractivity contribution is 6.13. The van der Waals surface area contributed by atoms with Crippen LogP contribution in [0.5, 0.6) is 0 Å². The third kappa shape index (κ3) is 4.24. The van der Waals surface area contributed by atoms with Gasteiger partial charge in [0.05, 0.1) is 5.56 Å². The summed E-state index contributed by atoms with van der Waals surface area (Å²) < 4.78 is 10.9. The summed E-state index contributed by atoms with van der Waals surface area (Å²) in [6, 6.07) is 13.9. The van der Waals surface area contributed by atoms with Gasteiger partial charge in [-0.3, -0.25) is 4.79 Å². The number of benzene rings is 2. The summed E-state index contributed by atoms with van der Waals surface area (Å²) in [4.78, 5) is 43.3. The number of hydrogen-bond acceptors (Lipinski definition) is 8. The minimum absolute atomic E-state index is 0.131. The van der Waals surface area contributed by atoms with Gasteiger partial charge < -0.3 is 18.6 Å². The molecule has 0 spiro atoms. The molecule has 0 atom stereocenters. The van der Waals surface area contributed by atoms with Crippen molar-refractivity contribution < 1.29 is 13.6 Å². The van der Waals surface area contributed by atoms with E-state index in [4.69, 9.17) is 8.83 Å². The first kappa shape index (κ1) is 24.7. The Labute approximate surface area is 208 Å². The number of ketones is 1. The van der Waals surface area contributed by atoms with Crippen LogP contribution in [0, 0.1) is 11.3 Å². The average Bonchev–Trinajstić information content (AvgIpc) is 2.88. The summed E-state index contributed by atoms with van der Waals surface area (Å²) in [5, 5.41) is 10.7. The minimum atomic E-state index is -0.975. The first-order chi connectivity index (χ1) is 17.4. The van der Waals surface area contributed by atoms with Gasteiger partial charge in [-0.1, -0.05) is 0 Å². The highest BCUT2D eigenvalue weighted by atomic mass is 16.4. The average molecular weight is 486 g/mol. The number of hydrogen-bond donors (Lipinski definition) is 0. The molecule has 0 unspecified atom stereocenters. The van der Waals surface area contributed by atoms with Crippen LogP contribution in [0.4, 0.5) is 11.4 Å². The van der Waals surface area contributed by atoms with Gasteiger partial charge in [-0.2, -0.15) is 5.26 Å². The molecule has 0 fully saturated rings. The molecule has 4 aromatic rings. The Hall–Kier alpha value is -4.38. The standard InChI is InChI=1S/C28H27N3O5/c1-5-30(6-2)18-10-9-17-13-21(27(33)35-23(17)14-18)26(32)25-22(16-29)20-12-11-19(31(7-3)8-4)15-24(20)36-28(25)34/h9-15H,5-8H2,1-4H3. The van der Waals surface area contributed by atoms with E-state index in [1.165, 1.54) is 6.07 Å². The van der Waals surface area contributed by atoms with Gasteiger partial charge in [0.15, 0.2) is 0 Å². The van der Waals surface area contributed by atoms with Gasteiger partial charge in [0, 0.05) is 60.5 Å². The molecule has 4 rings (SSSR count). The van der Waals surface area contributed by atoms with Gasteiger partial charge in [0.25, 0.3) is 0 Å². The third-order valence-electron chi connectivity index (χ3n) is 6.45. The first-order valence-corrected chi connectivity index (χ1v) is 12.0. The lowest BCUT2D eigenvalue weighted by Crippen LogP contribution is -2.24. The van der Waals surface area contributed by atoms with Crippen molar-refractivity contribution in [1.82, 2.24) is 0 Å². The van der Waals surface area contributed by atoms with E-state index in [1.54, 1.807) is 24.3 Å². The van der Waals surface area contributed by atoms with E-state index in [1.807, 2.05) is 45.9 Å². The van der Waals surface area contributed by atoms with Gasteiger partial charge in [-0.15, -0.1) is 0 Å². The largest absolute Gasteiger partial charge is 0.422 e. The monoisotopic (exact) mass is 485 g/mol. The van der Waals surface area contributed by atoms with Crippen molar-refractivity contribution in [1.29, 1.82) is 5.26 Å². The van der Waals surface area contributed by atoms with E-state index in [-0.39, 0.29) is 16.7 Å².